The molecule has 0 radical (unpaired) electrons. The van der Waals surface area contributed by atoms with Crippen molar-refractivity contribution in [2.75, 3.05) is 0 Å². The summed E-state index contributed by atoms with van der Waals surface area (Å²) in [7, 11) is 0. The molecule has 74 valence electrons. The number of rotatable bonds is 2. The lowest BCUT2D eigenvalue weighted by Gasteiger charge is -1.97. The van der Waals surface area contributed by atoms with Crippen LogP contribution in [0.25, 0.3) is 10.6 Å². The Balaban J connectivity index is 2.37. The third kappa shape index (κ3) is 2.32. The minimum Gasteiger partial charge on any atom is -0.240 e. The smallest absolute Gasteiger partial charge is 0.143 e. The summed E-state index contributed by atoms with van der Waals surface area (Å²) in [6.07, 6.45) is 1.88. The molecule has 2 aromatic heterocycles. The van der Waals surface area contributed by atoms with Gasteiger partial charge in [0.2, 0.25) is 0 Å². The number of hydrogen-bond donors (Lipinski definition) is 0. The summed E-state index contributed by atoms with van der Waals surface area (Å²) < 4.78 is 0.727. The molecule has 0 spiro atoms. The van der Waals surface area contributed by atoms with Crippen LogP contribution in [0.2, 0.25) is 4.34 Å². The van der Waals surface area contributed by atoms with Crippen LogP contribution in [0.4, 0.5) is 0 Å². The van der Waals surface area contributed by atoms with Gasteiger partial charge in [-0.25, -0.2) is 9.97 Å². The first-order valence-corrected chi connectivity index (χ1v) is 5.43. The highest BCUT2D eigenvalue weighted by molar-refractivity contribution is 7.19. The zero-order valence-electron chi connectivity index (χ0n) is 7.64. The van der Waals surface area contributed by atoms with Gasteiger partial charge in [0.15, 0.2) is 0 Å². The molecular formula is C10H6ClN3S. The van der Waals surface area contributed by atoms with E-state index in [1.54, 1.807) is 6.20 Å². The normalized spacial score (nSPS) is 9.87. The van der Waals surface area contributed by atoms with Gasteiger partial charge in [-0.3, -0.25) is 0 Å². The highest BCUT2D eigenvalue weighted by atomic mass is 35.5. The summed E-state index contributed by atoms with van der Waals surface area (Å²) in [5, 5.41) is 8.54. The van der Waals surface area contributed by atoms with Crippen molar-refractivity contribution < 1.29 is 0 Å². The van der Waals surface area contributed by atoms with Crippen molar-refractivity contribution in [3.63, 3.8) is 0 Å². The lowest BCUT2D eigenvalue weighted by atomic mass is 10.3. The second kappa shape index (κ2) is 4.39. The van der Waals surface area contributed by atoms with Crippen LogP contribution >= 0.6 is 22.9 Å². The lowest BCUT2D eigenvalue weighted by molar-refractivity contribution is 1.00. The number of hydrogen-bond acceptors (Lipinski definition) is 4. The molecule has 2 heterocycles. The molecule has 0 aromatic carbocycles. The standard InChI is InChI=1S/C10H6ClN3S/c11-9-2-1-8(15-9)7-4-6-13-10(14-7)3-5-12/h1-2,4,6H,3H2. The van der Waals surface area contributed by atoms with Crippen molar-refractivity contribution in [3.8, 4) is 16.6 Å². The third-order valence-corrected chi connectivity index (χ3v) is 3.02. The molecule has 3 nitrogen and oxygen atoms in total. The zero-order valence-corrected chi connectivity index (χ0v) is 9.22. The Morgan fingerprint density at radius 3 is 2.93 bits per heavy atom. The molecule has 0 saturated heterocycles. The predicted octanol–water partition coefficient (Wildman–Crippen LogP) is 2.92. The molecule has 0 N–H and O–H groups in total. The van der Waals surface area contributed by atoms with E-state index < -0.39 is 0 Å². The van der Waals surface area contributed by atoms with Crippen molar-refractivity contribution in [3.05, 3.63) is 34.6 Å². The molecule has 0 unspecified atom stereocenters. The molecule has 0 saturated carbocycles. The Kier molecular flexibility index (Phi) is 2.95. The van der Waals surface area contributed by atoms with Crippen LogP contribution < -0.4 is 0 Å². The zero-order chi connectivity index (χ0) is 10.7. The third-order valence-electron chi connectivity index (χ3n) is 1.77. The highest BCUT2D eigenvalue weighted by Gasteiger charge is 2.04. The van der Waals surface area contributed by atoms with E-state index >= 15 is 0 Å². The molecule has 0 bridgehead atoms. The average molecular weight is 236 g/mol. The molecule has 0 aliphatic carbocycles. The van der Waals surface area contributed by atoms with Crippen molar-refractivity contribution in [1.82, 2.24) is 9.97 Å². The molecule has 0 aliphatic heterocycles. The monoisotopic (exact) mass is 235 g/mol. The second-order valence-electron chi connectivity index (χ2n) is 2.80. The Morgan fingerprint density at radius 1 is 1.40 bits per heavy atom. The summed E-state index contributed by atoms with van der Waals surface area (Å²) >= 11 is 7.29. The van der Waals surface area contributed by atoms with Gasteiger partial charge >= 0.3 is 0 Å². The maximum Gasteiger partial charge on any atom is 0.143 e. The van der Waals surface area contributed by atoms with E-state index in [-0.39, 0.29) is 6.42 Å². The first kappa shape index (κ1) is 10.1. The maximum absolute atomic E-state index is 8.54. The molecule has 0 amide bonds. The van der Waals surface area contributed by atoms with Gasteiger partial charge in [0, 0.05) is 6.20 Å². The molecule has 2 rings (SSSR count). The van der Waals surface area contributed by atoms with Crippen molar-refractivity contribution in [1.29, 1.82) is 5.26 Å². The Hall–Kier alpha value is -1.44. The summed E-state index contributed by atoms with van der Waals surface area (Å²) in [6.45, 7) is 0. The van der Waals surface area contributed by atoms with Crippen molar-refractivity contribution in [2.24, 2.45) is 0 Å². The molecule has 15 heavy (non-hydrogen) atoms. The van der Waals surface area contributed by atoms with Crippen LogP contribution in [0, 0.1) is 11.3 Å². The maximum atomic E-state index is 8.54. The molecular weight excluding hydrogens is 230 g/mol. The quantitative estimate of drug-likeness (QED) is 0.804. The average Bonchev–Trinajstić information content (AvgIpc) is 2.66. The fraction of sp³-hybridized carbons (Fsp3) is 0.100. The summed E-state index contributed by atoms with van der Waals surface area (Å²) in [5.74, 6) is 0.541. The number of nitriles is 1. The molecule has 0 fully saturated rings. The van der Waals surface area contributed by atoms with E-state index in [0.29, 0.717) is 5.82 Å². The molecule has 0 aliphatic rings. The van der Waals surface area contributed by atoms with Gasteiger partial charge in [-0.2, -0.15) is 5.26 Å². The van der Waals surface area contributed by atoms with Crippen LogP contribution in [0.5, 0.6) is 0 Å². The topological polar surface area (TPSA) is 49.6 Å². The lowest BCUT2D eigenvalue weighted by Crippen LogP contribution is -1.93. The number of thiophene rings is 1. The molecule has 2 aromatic rings. The summed E-state index contributed by atoms with van der Waals surface area (Å²) in [5.41, 5.74) is 0.812. The van der Waals surface area contributed by atoms with E-state index in [9.17, 15) is 0 Å². The number of aromatic nitrogens is 2. The largest absolute Gasteiger partial charge is 0.240 e. The van der Waals surface area contributed by atoms with Crippen LogP contribution in [0.15, 0.2) is 24.4 Å². The van der Waals surface area contributed by atoms with Gasteiger partial charge in [-0.05, 0) is 18.2 Å². The SMILES string of the molecule is N#CCc1nccc(-c2ccc(Cl)s2)n1. The first-order chi connectivity index (χ1) is 7.29. The minimum absolute atomic E-state index is 0.229. The van der Waals surface area contributed by atoms with Crippen molar-refractivity contribution in [2.45, 2.75) is 6.42 Å². The minimum atomic E-state index is 0.229. The Bertz CT molecular complexity index is 515. The fourth-order valence-electron chi connectivity index (χ4n) is 1.14. The van der Waals surface area contributed by atoms with E-state index in [1.165, 1.54) is 11.3 Å². The molecule has 5 heteroatoms. The fourth-order valence-corrected chi connectivity index (χ4v) is 2.16. The van der Waals surface area contributed by atoms with Crippen LogP contribution in [-0.4, -0.2) is 9.97 Å². The van der Waals surface area contributed by atoms with Crippen molar-refractivity contribution >= 4 is 22.9 Å². The number of halogens is 1. The van der Waals surface area contributed by atoms with Gasteiger partial charge in [0.05, 0.1) is 27.4 Å². The van der Waals surface area contributed by atoms with Crippen LogP contribution in [0.3, 0.4) is 0 Å². The van der Waals surface area contributed by atoms with E-state index in [4.69, 9.17) is 16.9 Å². The van der Waals surface area contributed by atoms with E-state index in [2.05, 4.69) is 9.97 Å². The van der Waals surface area contributed by atoms with Gasteiger partial charge in [-0.15, -0.1) is 11.3 Å². The summed E-state index contributed by atoms with van der Waals surface area (Å²) in [6, 6.07) is 7.56. The number of nitrogens with zero attached hydrogens (tertiary/aromatic N) is 3. The van der Waals surface area contributed by atoms with E-state index in [1.807, 2.05) is 24.3 Å². The first-order valence-electron chi connectivity index (χ1n) is 4.24. The van der Waals surface area contributed by atoms with Gasteiger partial charge in [-0.1, -0.05) is 11.6 Å². The van der Waals surface area contributed by atoms with Crippen LogP contribution in [-0.2, 0) is 6.42 Å². The second-order valence-corrected chi connectivity index (χ2v) is 4.51. The van der Waals surface area contributed by atoms with Gasteiger partial charge in [0.1, 0.15) is 5.82 Å². The Morgan fingerprint density at radius 2 is 2.27 bits per heavy atom. The van der Waals surface area contributed by atoms with Gasteiger partial charge in [0.25, 0.3) is 0 Å². The Labute approximate surface area is 96.0 Å². The van der Waals surface area contributed by atoms with E-state index in [0.717, 1.165) is 14.9 Å². The molecule has 0 atom stereocenters. The van der Waals surface area contributed by atoms with Crippen LogP contribution in [0.1, 0.15) is 5.82 Å². The predicted molar refractivity (Wildman–Crippen MR) is 59.7 cm³/mol. The summed E-state index contributed by atoms with van der Waals surface area (Å²) in [4.78, 5) is 9.25. The van der Waals surface area contributed by atoms with Gasteiger partial charge < -0.3 is 0 Å². The highest BCUT2D eigenvalue weighted by Crippen LogP contribution is 2.29.